The molecule has 94 valence electrons. The Hall–Kier alpha value is -0.940. The van der Waals surface area contributed by atoms with E-state index in [-0.39, 0.29) is 19.3 Å². The van der Waals surface area contributed by atoms with Gasteiger partial charge >= 0.3 is 0 Å². The number of benzene rings is 1. The second-order valence-electron chi connectivity index (χ2n) is 4.70. The fourth-order valence-corrected chi connectivity index (χ4v) is 2.09. The van der Waals surface area contributed by atoms with Gasteiger partial charge in [-0.05, 0) is 18.9 Å². The van der Waals surface area contributed by atoms with Crippen LogP contribution in [0.5, 0.6) is 0 Å². The van der Waals surface area contributed by atoms with E-state index in [2.05, 4.69) is 0 Å². The molecule has 0 aromatic heterocycles. The molecule has 1 fully saturated rings. The molecule has 0 bridgehead atoms. The van der Waals surface area contributed by atoms with Crippen LogP contribution in [0.4, 0.5) is 0 Å². The van der Waals surface area contributed by atoms with Crippen LogP contribution < -0.4 is 0 Å². The molecule has 4 nitrogen and oxygen atoms in total. The van der Waals surface area contributed by atoms with E-state index in [0.29, 0.717) is 0 Å². The summed E-state index contributed by atoms with van der Waals surface area (Å²) in [6.07, 6.45) is 0.771. The van der Waals surface area contributed by atoms with E-state index in [0.717, 1.165) is 18.5 Å². The summed E-state index contributed by atoms with van der Waals surface area (Å²) >= 11 is 0. The molecule has 0 saturated carbocycles. The lowest BCUT2D eigenvalue weighted by Crippen LogP contribution is -2.34. The zero-order valence-corrected chi connectivity index (χ0v) is 10.0. The topological polar surface area (TPSA) is 52.9 Å². The first-order valence-corrected chi connectivity index (χ1v) is 5.91. The quantitative estimate of drug-likeness (QED) is 0.823. The van der Waals surface area contributed by atoms with Crippen LogP contribution in [0.3, 0.4) is 0 Å². The normalized spacial score (nSPS) is 27.2. The van der Waals surface area contributed by atoms with Gasteiger partial charge in [-0.1, -0.05) is 30.3 Å². The minimum atomic E-state index is -0.512. The van der Waals surface area contributed by atoms with Gasteiger partial charge in [0.15, 0.2) is 0 Å². The van der Waals surface area contributed by atoms with Gasteiger partial charge in [-0.3, -0.25) is 4.84 Å². The highest BCUT2D eigenvalue weighted by atomic mass is 16.7. The first-order valence-electron chi connectivity index (χ1n) is 5.91. The van der Waals surface area contributed by atoms with Crippen LogP contribution in [0.15, 0.2) is 30.3 Å². The summed E-state index contributed by atoms with van der Waals surface area (Å²) in [5.74, 6) is 0. The number of aliphatic hydroxyl groups is 2. The third kappa shape index (κ3) is 2.66. The van der Waals surface area contributed by atoms with Crippen molar-refractivity contribution in [2.45, 2.75) is 25.0 Å². The monoisotopic (exact) mass is 237 g/mol. The van der Waals surface area contributed by atoms with Gasteiger partial charge in [0.05, 0.1) is 19.3 Å². The van der Waals surface area contributed by atoms with E-state index in [4.69, 9.17) is 4.84 Å². The van der Waals surface area contributed by atoms with Gasteiger partial charge in [0.1, 0.15) is 5.60 Å². The van der Waals surface area contributed by atoms with Gasteiger partial charge in [-0.15, -0.1) is 0 Å². The Morgan fingerprint density at radius 1 is 1.35 bits per heavy atom. The Morgan fingerprint density at radius 3 is 2.59 bits per heavy atom. The molecule has 2 rings (SSSR count). The number of hydrogen-bond acceptors (Lipinski definition) is 4. The van der Waals surface area contributed by atoms with E-state index in [1.165, 1.54) is 0 Å². The van der Waals surface area contributed by atoms with E-state index in [1.807, 2.05) is 37.3 Å². The van der Waals surface area contributed by atoms with Crippen molar-refractivity contribution < 1.29 is 15.1 Å². The molecule has 1 aromatic carbocycles. The molecule has 4 heteroatoms. The number of hydrogen-bond donors (Lipinski definition) is 2. The second kappa shape index (κ2) is 5.14. The van der Waals surface area contributed by atoms with Gasteiger partial charge in [-0.25, -0.2) is 0 Å². The summed E-state index contributed by atoms with van der Waals surface area (Å²) in [5.41, 5.74) is 0.513. The zero-order valence-electron chi connectivity index (χ0n) is 10.0. The maximum Gasteiger partial charge on any atom is 0.111 e. The number of hydroxylamine groups is 2. The van der Waals surface area contributed by atoms with E-state index in [9.17, 15) is 10.2 Å². The first kappa shape index (κ1) is 12.5. The van der Waals surface area contributed by atoms with Crippen LogP contribution in [-0.4, -0.2) is 40.6 Å². The largest absolute Gasteiger partial charge is 0.394 e. The van der Waals surface area contributed by atoms with Crippen LogP contribution in [0.25, 0.3) is 0 Å². The summed E-state index contributed by atoms with van der Waals surface area (Å²) in [7, 11) is 0. The minimum absolute atomic E-state index is 0.00353. The van der Waals surface area contributed by atoms with Gasteiger partial charge in [0, 0.05) is 6.54 Å². The lowest BCUT2D eigenvalue weighted by atomic mass is 10.0. The predicted octanol–water partition coefficient (Wildman–Crippen LogP) is 1.11. The average molecular weight is 237 g/mol. The maximum absolute atomic E-state index is 9.50. The van der Waals surface area contributed by atoms with Crippen LogP contribution >= 0.6 is 0 Å². The maximum atomic E-state index is 9.50. The van der Waals surface area contributed by atoms with E-state index >= 15 is 0 Å². The molecule has 2 atom stereocenters. The molecule has 1 heterocycles. The molecule has 1 saturated heterocycles. The van der Waals surface area contributed by atoms with Crippen molar-refractivity contribution in [1.29, 1.82) is 0 Å². The van der Waals surface area contributed by atoms with Crippen molar-refractivity contribution in [2.75, 3.05) is 19.8 Å². The molecular weight excluding hydrogens is 218 g/mol. The van der Waals surface area contributed by atoms with Gasteiger partial charge in [0.2, 0.25) is 0 Å². The lowest BCUT2D eigenvalue weighted by molar-refractivity contribution is -0.225. The van der Waals surface area contributed by atoms with Gasteiger partial charge < -0.3 is 10.2 Å². The minimum Gasteiger partial charge on any atom is -0.394 e. The molecule has 0 radical (unpaired) electrons. The second-order valence-corrected chi connectivity index (χ2v) is 4.70. The number of rotatable bonds is 4. The lowest BCUT2D eigenvalue weighted by Gasteiger charge is -2.28. The zero-order chi connectivity index (χ0) is 12.3. The molecule has 0 amide bonds. The SMILES string of the molecule is C[C@]1(CO)CCN([C@@H](CO)c2ccccc2)O1. The third-order valence-electron chi connectivity index (χ3n) is 3.24. The highest BCUT2D eigenvalue weighted by Crippen LogP contribution is 2.32. The fraction of sp³-hybridized carbons (Fsp3) is 0.538. The Labute approximate surface area is 101 Å². The summed E-state index contributed by atoms with van der Waals surface area (Å²) in [6, 6.07) is 9.61. The van der Waals surface area contributed by atoms with Crippen molar-refractivity contribution in [3.8, 4) is 0 Å². The Morgan fingerprint density at radius 2 is 2.06 bits per heavy atom. The summed E-state index contributed by atoms with van der Waals surface area (Å²) in [5, 5.41) is 20.5. The van der Waals surface area contributed by atoms with Gasteiger partial charge in [-0.2, -0.15) is 5.06 Å². The predicted molar refractivity (Wildman–Crippen MR) is 64.2 cm³/mol. The van der Waals surface area contributed by atoms with E-state index < -0.39 is 5.60 Å². The van der Waals surface area contributed by atoms with Crippen molar-refractivity contribution >= 4 is 0 Å². The Balaban J connectivity index is 2.11. The number of aliphatic hydroxyl groups excluding tert-OH is 2. The van der Waals surface area contributed by atoms with Crippen LogP contribution in [0.1, 0.15) is 24.9 Å². The Bertz CT molecular complexity index is 357. The number of nitrogens with zero attached hydrogens (tertiary/aromatic N) is 1. The summed E-state index contributed by atoms with van der Waals surface area (Å²) < 4.78 is 0. The molecule has 1 aliphatic heterocycles. The molecule has 0 spiro atoms. The molecule has 1 aromatic rings. The van der Waals surface area contributed by atoms with Crippen molar-refractivity contribution in [3.63, 3.8) is 0 Å². The smallest absolute Gasteiger partial charge is 0.111 e. The molecule has 2 N–H and O–H groups in total. The highest BCUT2D eigenvalue weighted by molar-refractivity contribution is 5.19. The fourth-order valence-electron chi connectivity index (χ4n) is 2.09. The van der Waals surface area contributed by atoms with Crippen molar-refractivity contribution in [3.05, 3.63) is 35.9 Å². The van der Waals surface area contributed by atoms with Gasteiger partial charge in [0.25, 0.3) is 0 Å². The summed E-state index contributed by atoms with van der Waals surface area (Å²) in [6.45, 7) is 2.60. The highest BCUT2D eigenvalue weighted by Gasteiger charge is 2.38. The van der Waals surface area contributed by atoms with Crippen LogP contribution in [0, 0.1) is 0 Å². The van der Waals surface area contributed by atoms with Crippen molar-refractivity contribution in [2.24, 2.45) is 0 Å². The molecular formula is C13H19NO3. The Kier molecular flexibility index (Phi) is 3.79. The molecule has 0 unspecified atom stereocenters. The average Bonchev–Trinajstić information content (AvgIpc) is 2.75. The molecule has 1 aliphatic rings. The van der Waals surface area contributed by atoms with Crippen LogP contribution in [0.2, 0.25) is 0 Å². The van der Waals surface area contributed by atoms with Crippen molar-refractivity contribution in [1.82, 2.24) is 5.06 Å². The molecule has 0 aliphatic carbocycles. The summed E-state index contributed by atoms with van der Waals surface area (Å²) in [4.78, 5) is 5.73. The first-order chi connectivity index (χ1) is 8.18. The third-order valence-corrected chi connectivity index (χ3v) is 3.24. The molecule has 17 heavy (non-hydrogen) atoms. The van der Waals surface area contributed by atoms with E-state index in [1.54, 1.807) is 5.06 Å². The van der Waals surface area contributed by atoms with Crippen LogP contribution in [-0.2, 0) is 4.84 Å². The standard InChI is InChI=1S/C13H19NO3/c1-13(10-16)7-8-14(17-13)12(9-15)11-5-3-2-4-6-11/h2-6,12,15-16H,7-10H2,1H3/t12-,13+/m0/s1.